The van der Waals surface area contributed by atoms with Gasteiger partial charge in [-0.2, -0.15) is 0 Å². The predicted octanol–water partition coefficient (Wildman–Crippen LogP) is 4.73. The highest BCUT2D eigenvalue weighted by Crippen LogP contribution is 2.28. The fourth-order valence-corrected chi connectivity index (χ4v) is 2.17. The second-order valence-corrected chi connectivity index (χ2v) is 5.29. The molecule has 0 amide bonds. The summed E-state index contributed by atoms with van der Waals surface area (Å²) in [6, 6.07) is 9.98. The maximum absolute atomic E-state index is 13.7. The van der Waals surface area contributed by atoms with Gasteiger partial charge in [-0.15, -0.1) is 0 Å². The van der Waals surface area contributed by atoms with Crippen molar-refractivity contribution in [3.8, 4) is 5.75 Å². The first-order chi connectivity index (χ1) is 9.49. The molecule has 2 aromatic rings. The topological polar surface area (TPSA) is 35.2 Å². The van der Waals surface area contributed by atoms with Gasteiger partial charge in [-0.25, -0.2) is 4.39 Å². The fourth-order valence-electron chi connectivity index (χ4n) is 1.73. The largest absolute Gasteiger partial charge is 0.487 e. The third kappa shape index (κ3) is 3.42. The zero-order valence-corrected chi connectivity index (χ0v) is 12.4. The van der Waals surface area contributed by atoms with Crippen LogP contribution in [0.25, 0.3) is 0 Å². The average Bonchev–Trinajstić information content (AvgIpc) is 2.41. The van der Waals surface area contributed by atoms with Crippen molar-refractivity contribution in [1.29, 1.82) is 0 Å². The molecule has 1 atom stereocenters. The molecule has 0 aromatic heterocycles. The molecule has 2 aromatic carbocycles. The highest BCUT2D eigenvalue weighted by molar-refractivity contribution is 6.32. The van der Waals surface area contributed by atoms with E-state index in [0.29, 0.717) is 16.3 Å². The second kappa shape index (κ2) is 6.44. The third-order valence-corrected chi connectivity index (χ3v) is 3.48. The molecule has 0 bridgehead atoms. The van der Waals surface area contributed by atoms with Crippen LogP contribution in [0, 0.1) is 5.82 Å². The zero-order valence-electron chi connectivity index (χ0n) is 10.9. The first-order valence-corrected chi connectivity index (χ1v) is 6.85. The maximum Gasteiger partial charge on any atom is 0.148 e. The molecule has 0 heterocycles. The molecule has 0 unspecified atom stereocenters. The Balaban J connectivity index is 2.13. The van der Waals surface area contributed by atoms with Crippen LogP contribution >= 0.6 is 23.2 Å². The molecule has 0 aliphatic heterocycles. The molecule has 2 N–H and O–H groups in total. The van der Waals surface area contributed by atoms with E-state index >= 15 is 0 Å². The predicted molar refractivity (Wildman–Crippen MR) is 79.8 cm³/mol. The summed E-state index contributed by atoms with van der Waals surface area (Å²) in [4.78, 5) is 0. The molecule has 5 heteroatoms. The number of rotatable bonds is 4. The lowest BCUT2D eigenvalue weighted by molar-refractivity contribution is 0.300. The van der Waals surface area contributed by atoms with Gasteiger partial charge in [0.15, 0.2) is 0 Å². The number of hydrogen-bond acceptors (Lipinski definition) is 2. The van der Waals surface area contributed by atoms with Crippen LogP contribution in [0.3, 0.4) is 0 Å². The highest BCUT2D eigenvalue weighted by atomic mass is 35.5. The Labute approximate surface area is 127 Å². The van der Waals surface area contributed by atoms with Gasteiger partial charge in [-0.1, -0.05) is 41.4 Å². The molecule has 0 fully saturated rings. The van der Waals surface area contributed by atoms with Gasteiger partial charge in [0.05, 0.1) is 10.0 Å². The molecular weight excluding hydrogens is 300 g/mol. The quantitative estimate of drug-likeness (QED) is 0.885. The lowest BCUT2D eigenvalue weighted by atomic mass is 10.1. The van der Waals surface area contributed by atoms with Crippen molar-refractivity contribution in [1.82, 2.24) is 0 Å². The van der Waals surface area contributed by atoms with E-state index in [0.717, 1.165) is 5.56 Å². The van der Waals surface area contributed by atoms with Crippen LogP contribution in [0.15, 0.2) is 36.4 Å². The van der Waals surface area contributed by atoms with Crippen molar-refractivity contribution < 1.29 is 9.13 Å². The van der Waals surface area contributed by atoms with Crippen LogP contribution in [0.5, 0.6) is 5.75 Å². The Morgan fingerprint density at radius 1 is 1.20 bits per heavy atom. The minimum Gasteiger partial charge on any atom is -0.487 e. The number of hydrogen-bond donors (Lipinski definition) is 1. The Morgan fingerprint density at radius 3 is 2.60 bits per heavy atom. The van der Waals surface area contributed by atoms with Crippen molar-refractivity contribution in [3.63, 3.8) is 0 Å². The van der Waals surface area contributed by atoms with Crippen LogP contribution in [0.1, 0.15) is 24.1 Å². The van der Waals surface area contributed by atoms with E-state index in [1.165, 1.54) is 6.07 Å². The van der Waals surface area contributed by atoms with Gasteiger partial charge in [-0.3, -0.25) is 0 Å². The Kier molecular flexibility index (Phi) is 4.86. The SMILES string of the molecule is C[C@@H](N)c1ccc(OCc2cccc(Cl)c2F)c(Cl)c1. The third-order valence-electron chi connectivity index (χ3n) is 2.90. The van der Waals surface area contributed by atoms with Crippen LogP contribution in [-0.2, 0) is 6.61 Å². The van der Waals surface area contributed by atoms with E-state index in [4.69, 9.17) is 33.7 Å². The van der Waals surface area contributed by atoms with E-state index < -0.39 is 5.82 Å². The molecule has 2 nitrogen and oxygen atoms in total. The first-order valence-electron chi connectivity index (χ1n) is 6.09. The Hall–Kier alpha value is -1.29. The fraction of sp³-hybridized carbons (Fsp3) is 0.200. The molecule has 0 saturated carbocycles. The van der Waals surface area contributed by atoms with Crippen molar-refractivity contribution in [2.75, 3.05) is 0 Å². The van der Waals surface area contributed by atoms with Crippen molar-refractivity contribution in [2.24, 2.45) is 5.73 Å². The van der Waals surface area contributed by atoms with E-state index in [-0.39, 0.29) is 17.7 Å². The van der Waals surface area contributed by atoms with E-state index in [2.05, 4.69) is 0 Å². The summed E-state index contributed by atoms with van der Waals surface area (Å²) in [5.74, 6) is 0.00734. The molecule has 2 rings (SSSR count). The van der Waals surface area contributed by atoms with Gasteiger partial charge in [0, 0.05) is 11.6 Å². The number of halogens is 3. The minimum absolute atomic E-state index is 0.0592. The lowest BCUT2D eigenvalue weighted by Crippen LogP contribution is -2.05. The Morgan fingerprint density at radius 2 is 1.95 bits per heavy atom. The van der Waals surface area contributed by atoms with Crippen LogP contribution in [0.4, 0.5) is 4.39 Å². The van der Waals surface area contributed by atoms with E-state index in [1.807, 2.05) is 13.0 Å². The summed E-state index contributed by atoms with van der Waals surface area (Å²) < 4.78 is 19.2. The molecule has 0 aliphatic carbocycles. The summed E-state index contributed by atoms with van der Waals surface area (Å²) in [5, 5.41) is 0.520. The molecule has 106 valence electrons. The minimum atomic E-state index is -0.475. The zero-order chi connectivity index (χ0) is 14.7. The van der Waals surface area contributed by atoms with Crippen LogP contribution in [-0.4, -0.2) is 0 Å². The molecule has 0 spiro atoms. The van der Waals surface area contributed by atoms with Gasteiger partial charge < -0.3 is 10.5 Å². The second-order valence-electron chi connectivity index (χ2n) is 4.48. The maximum atomic E-state index is 13.7. The van der Waals surface area contributed by atoms with Crippen molar-refractivity contribution in [2.45, 2.75) is 19.6 Å². The van der Waals surface area contributed by atoms with Gasteiger partial charge in [0.2, 0.25) is 0 Å². The number of nitrogens with two attached hydrogens (primary N) is 1. The van der Waals surface area contributed by atoms with Gasteiger partial charge in [0.1, 0.15) is 18.2 Å². The van der Waals surface area contributed by atoms with Gasteiger partial charge in [0.25, 0.3) is 0 Å². The van der Waals surface area contributed by atoms with Crippen molar-refractivity contribution >= 4 is 23.2 Å². The van der Waals surface area contributed by atoms with E-state index in [1.54, 1.807) is 24.3 Å². The normalized spacial score (nSPS) is 12.2. The molecule has 0 radical (unpaired) electrons. The molecular formula is C15H14Cl2FNO. The summed E-state index contributed by atoms with van der Waals surface area (Å²) in [7, 11) is 0. The lowest BCUT2D eigenvalue weighted by Gasteiger charge is -2.12. The number of ether oxygens (including phenoxy) is 1. The number of benzene rings is 2. The average molecular weight is 314 g/mol. The molecule has 0 saturated heterocycles. The van der Waals surface area contributed by atoms with Gasteiger partial charge >= 0.3 is 0 Å². The standard InChI is InChI=1S/C15H14Cl2FNO/c1-9(19)10-5-6-14(13(17)7-10)20-8-11-3-2-4-12(16)15(11)18/h2-7,9H,8,19H2,1H3/t9-/m1/s1. The summed E-state index contributed by atoms with van der Waals surface area (Å²) in [5.41, 5.74) is 7.06. The Bertz CT molecular complexity index is 617. The highest BCUT2D eigenvalue weighted by Gasteiger charge is 2.09. The van der Waals surface area contributed by atoms with Crippen LogP contribution in [0.2, 0.25) is 10.0 Å². The molecule has 0 aliphatic rings. The summed E-state index contributed by atoms with van der Waals surface area (Å²) >= 11 is 11.8. The van der Waals surface area contributed by atoms with Crippen LogP contribution < -0.4 is 10.5 Å². The van der Waals surface area contributed by atoms with E-state index in [9.17, 15) is 4.39 Å². The van der Waals surface area contributed by atoms with Gasteiger partial charge in [-0.05, 0) is 30.7 Å². The van der Waals surface area contributed by atoms with Crippen molar-refractivity contribution in [3.05, 3.63) is 63.4 Å². The molecule has 20 heavy (non-hydrogen) atoms. The summed E-state index contributed by atoms with van der Waals surface area (Å²) in [6.45, 7) is 1.93. The summed E-state index contributed by atoms with van der Waals surface area (Å²) in [6.07, 6.45) is 0. The first kappa shape index (κ1) is 15.1. The monoisotopic (exact) mass is 313 g/mol. The smallest absolute Gasteiger partial charge is 0.148 e.